The van der Waals surface area contributed by atoms with Crippen molar-refractivity contribution in [3.63, 3.8) is 0 Å². The van der Waals surface area contributed by atoms with Crippen molar-refractivity contribution in [2.24, 2.45) is 0 Å². The molecule has 0 atom stereocenters. The first-order chi connectivity index (χ1) is 10.4. The van der Waals surface area contributed by atoms with Crippen molar-refractivity contribution < 1.29 is 8.42 Å². The molecule has 0 fully saturated rings. The van der Waals surface area contributed by atoms with Gasteiger partial charge in [-0.05, 0) is 18.6 Å². The number of benzene rings is 1. The second-order valence-electron chi connectivity index (χ2n) is 4.74. The molecule has 22 heavy (non-hydrogen) atoms. The summed E-state index contributed by atoms with van der Waals surface area (Å²) in [5.74, 6) is -0.0637. The maximum Gasteiger partial charge on any atom is 0.329 e. The van der Waals surface area contributed by atoms with Crippen molar-refractivity contribution in [1.82, 2.24) is 9.55 Å². The molecule has 7 nitrogen and oxygen atoms in total. The van der Waals surface area contributed by atoms with Crippen LogP contribution in [0.3, 0.4) is 0 Å². The lowest BCUT2D eigenvalue weighted by Crippen LogP contribution is -2.38. The molecule has 0 amide bonds. The number of nitrogens with one attached hydrogen (secondary N) is 1. The first-order valence-corrected chi connectivity index (χ1v) is 8.20. The van der Waals surface area contributed by atoms with Crippen LogP contribution in [0, 0.1) is 0 Å². The zero-order valence-electron chi connectivity index (χ0n) is 12.3. The molecule has 8 heteroatoms. The average Bonchev–Trinajstić information content (AvgIpc) is 2.50. The van der Waals surface area contributed by atoms with Crippen molar-refractivity contribution >= 4 is 15.8 Å². The topological polar surface area (TPSA) is 92.2 Å². The number of sulfonamides is 1. The molecule has 1 N–H and O–H groups in total. The normalized spacial score (nSPS) is 11.4. The van der Waals surface area contributed by atoms with E-state index < -0.39 is 21.3 Å². The molecule has 2 rings (SSSR count). The minimum absolute atomic E-state index is 0.0637. The fourth-order valence-electron chi connectivity index (χ4n) is 1.99. The first kappa shape index (κ1) is 16.0. The van der Waals surface area contributed by atoms with Crippen LogP contribution in [0.15, 0.2) is 50.9 Å². The summed E-state index contributed by atoms with van der Waals surface area (Å²) >= 11 is 0. The molecule has 1 aromatic carbocycles. The van der Waals surface area contributed by atoms with Gasteiger partial charge in [-0.3, -0.25) is 18.7 Å². The highest BCUT2D eigenvalue weighted by atomic mass is 32.2. The average molecular weight is 323 g/mol. The summed E-state index contributed by atoms with van der Waals surface area (Å²) in [6.45, 7) is 2.12. The predicted octanol–water partition coefficient (Wildman–Crippen LogP) is 0.772. The fraction of sp³-hybridized carbons (Fsp3) is 0.286. The molecule has 0 aliphatic rings. The fourth-order valence-corrected chi connectivity index (χ4v) is 3.17. The highest BCUT2D eigenvalue weighted by Gasteiger charge is 2.22. The highest BCUT2D eigenvalue weighted by molar-refractivity contribution is 7.92. The van der Waals surface area contributed by atoms with Gasteiger partial charge in [0.05, 0.1) is 4.90 Å². The summed E-state index contributed by atoms with van der Waals surface area (Å²) in [6, 6.07) is 8.90. The molecular formula is C14H17N3O4S. The Bertz CT molecular complexity index is 838. The van der Waals surface area contributed by atoms with Gasteiger partial charge in [0.25, 0.3) is 15.6 Å². The second kappa shape index (κ2) is 6.18. The van der Waals surface area contributed by atoms with E-state index in [0.717, 1.165) is 14.9 Å². The van der Waals surface area contributed by atoms with Gasteiger partial charge in [-0.1, -0.05) is 25.1 Å². The Morgan fingerprint density at radius 1 is 1.18 bits per heavy atom. The number of aromatic amines is 1. The van der Waals surface area contributed by atoms with E-state index in [1.807, 2.05) is 6.92 Å². The molecule has 0 aliphatic heterocycles. The summed E-state index contributed by atoms with van der Waals surface area (Å²) < 4.78 is 26.8. The predicted molar refractivity (Wildman–Crippen MR) is 83.6 cm³/mol. The van der Waals surface area contributed by atoms with Crippen molar-refractivity contribution in [2.75, 3.05) is 11.4 Å². The number of rotatable bonds is 5. The Hall–Kier alpha value is -2.35. The van der Waals surface area contributed by atoms with Crippen molar-refractivity contribution in [3.8, 4) is 0 Å². The van der Waals surface area contributed by atoms with Crippen LogP contribution in [0.2, 0.25) is 0 Å². The molecule has 0 aliphatic carbocycles. The standard InChI is InChI=1S/C14H17N3O4S/c1-3-9-17-13(18)10-12(15-14(17)19)16(2)22(20,21)11-7-5-4-6-8-11/h4-8,10H,3,9H2,1-2H3,(H,15,19). The lowest BCUT2D eigenvalue weighted by atomic mass is 10.4. The van der Waals surface area contributed by atoms with Gasteiger partial charge in [0, 0.05) is 19.7 Å². The van der Waals surface area contributed by atoms with Crippen LogP contribution in [0.25, 0.3) is 0 Å². The maximum atomic E-state index is 12.5. The largest absolute Gasteiger partial charge is 0.329 e. The van der Waals surface area contributed by atoms with Crippen LogP contribution in [-0.4, -0.2) is 25.0 Å². The molecule has 2 aromatic rings. The molecule has 1 aromatic heterocycles. The third-order valence-electron chi connectivity index (χ3n) is 3.19. The van der Waals surface area contributed by atoms with Crippen LogP contribution >= 0.6 is 0 Å². The van der Waals surface area contributed by atoms with Gasteiger partial charge in [0.15, 0.2) is 0 Å². The number of anilines is 1. The Kier molecular flexibility index (Phi) is 4.51. The Labute approximate surface area is 127 Å². The van der Waals surface area contributed by atoms with Gasteiger partial charge in [0.1, 0.15) is 5.82 Å². The van der Waals surface area contributed by atoms with E-state index in [0.29, 0.717) is 6.42 Å². The summed E-state index contributed by atoms with van der Waals surface area (Å²) in [5.41, 5.74) is -1.16. The molecule has 0 saturated heterocycles. The summed E-state index contributed by atoms with van der Waals surface area (Å²) in [5, 5.41) is 0. The Balaban J connectivity index is 2.49. The van der Waals surface area contributed by atoms with Crippen LogP contribution in [0.1, 0.15) is 13.3 Å². The zero-order chi connectivity index (χ0) is 16.3. The van der Waals surface area contributed by atoms with Crippen molar-refractivity contribution in [2.45, 2.75) is 24.8 Å². The van der Waals surface area contributed by atoms with E-state index in [1.54, 1.807) is 18.2 Å². The molecular weight excluding hydrogens is 306 g/mol. The maximum absolute atomic E-state index is 12.5. The monoisotopic (exact) mass is 323 g/mol. The Morgan fingerprint density at radius 3 is 2.36 bits per heavy atom. The van der Waals surface area contributed by atoms with Crippen LogP contribution in [0.5, 0.6) is 0 Å². The van der Waals surface area contributed by atoms with Crippen molar-refractivity contribution in [1.29, 1.82) is 0 Å². The van der Waals surface area contributed by atoms with E-state index in [9.17, 15) is 18.0 Å². The Morgan fingerprint density at radius 2 is 1.82 bits per heavy atom. The van der Waals surface area contributed by atoms with E-state index in [1.165, 1.54) is 19.2 Å². The molecule has 0 bridgehead atoms. The van der Waals surface area contributed by atoms with E-state index in [-0.39, 0.29) is 17.3 Å². The smallest absolute Gasteiger partial charge is 0.293 e. The van der Waals surface area contributed by atoms with Crippen LogP contribution in [0.4, 0.5) is 5.82 Å². The van der Waals surface area contributed by atoms with Gasteiger partial charge in [0.2, 0.25) is 0 Å². The van der Waals surface area contributed by atoms with Gasteiger partial charge < -0.3 is 0 Å². The van der Waals surface area contributed by atoms with E-state index in [4.69, 9.17) is 0 Å². The zero-order valence-corrected chi connectivity index (χ0v) is 13.1. The molecule has 118 valence electrons. The number of hydrogen-bond acceptors (Lipinski definition) is 4. The van der Waals surface area contributed by atoms with Gasteiger partial charge >= 0.3 is 5.69 Å². The lowest BCUT2D eigenvalue weighted by molar-refractivity contribution is 0.591. The number of nitrogens with zero attached hydrogens (tertiary/aromatic N) is 2. The lowest BCUT2D eigenvalue weighted by Gasteiger charge is -2.19. The minimum Gasteiger partial charge on any atom is -0.293 e. The van der Waals surface area contributed by atoms with Crippen LogP contribution in [-0.2, 0) is 16.6 Å². The third-order valence-corrected chi connectivity index (χ3v) is 4.98. The van der Waals surface area contributed by atoms with Crippen molar-refractivity contribution in [3.05, 3.63) is 57.2 Å². The molecule has 0 spiro atoms. The summed E-state index contributed by atoms with van der Waals surface area (Å²) in [7, 11) is -2.55. The number of hydrogen-bond donors (Lipinski definition) is 1. The quantitative estimate of drug-likeness (QED) is 0.880. The molecule has 0 radical (unpaired) electrons. The highest BCUT2D eigenvalue weighted by Crippen LogP contribution is 2.17. The minimum atomic E-state index is -3.84. The molecule has 1 heterocycles. The molecule has 0 unspecified atom stereocenters. The number of aromatic nitrogens is 2. The van der Waals surface area contributed by atoms with E-state index >= 15 is 0 Å². The molecule has 0 saturated carbocycles. The first-order valence-electron chi connectivity index (χ1n) is 6.76. The number of H-pyrrole nitrogens is 1. The summed E-state index contributed by atoms with van der Waals surface area (Å²) in [4.78, 5) is 26.4. The second-order valence-corrected chi connectivity index (χ2v) is 6.70. The van der Waals surface area contributed by atoms with E-state index in [2.05, 4.69) is 4.98 Å². The van der Waals surface area contributed by atoms with Gasteiger partial charge in [-0.2, -0.15) is 0 Å². The third kappa shape index (κ3) is 2.96. The van der Waals surface area contributed by atoms with Gasteiger partial charge in [-0.25, -0.2) is 13.2 Å². The SMILES string of the molecule is CCCn1c(=O)cc(N(C)S(=O)(=O)c2ccccc2)[nH]c1=O. The summed E-state index contributed by atoms with van der Waals surface area (Å²) in [6.07, 6.45) is 0.625. The van der Waals surface area contributed by atoms with Crippen LogP contribution < -0.4 is 15.6 Å². The van der Waals surface area contributed by atoms with Gasteiger partial charge in [-0.15, -0.1) is 0 Å².